The Kier molecular flexibility index (Phi) is 6.46. The number of para-hydroxylation sites is 1. The third-order valence-corrected chi connectivity index (χ3v) is 5.86. The molecule has 2 aromatic carbocycles. The Hall–Kier alpha value is -3.72. The SMILES string of the molecule is C=CSN(CCn1nc(-c2ccc(OC)c(NC)c2)c2c(N)ncnc21)c1ccccc1. The van der Waals surface area contributed by atoms with E-state index in [2.05, 4.69) is 38.3 Å². The maximum Gasteiger partial charge on any atom is 0.164 e. The van der Waals surface area contributed by atoms with Gasteiger partial charge in [0.2, 0.25) is 0 Å². The van der Waals surface area contributed by atoms with E-state index in [1.165, 1.54) is 6.33 Å². The van der Waals surface area contributed by atoms with Crippen LogP contribution in [0.2, 0.25) is 0 Å². The van der Waals surface area contributed by atoms with E-state index in [9.17, 15) is 0 Å². The highest BCUT2D eigenvalue weighted by molar-refractivity contribution is 8.03. The highest BCUT2D eigenvalue weighted by Gasteiger charge is 2.19. The van der Waals surface area contributed by atoms with Crippen LogP contribution in [0, 0.1) is 0 Å². The standard InChI is InChI=1S/C23H25N7OS/c1-4-32-30(17-8-6-5-7-9-17)13-12-29-23-20(22(24)26-15-27-23)21(28-29)16-10-11-19(31-3)18(14-16)25-2/h4-11,14-15,25H,1,12-13H2,2-3H3,(H2,24,26,27). The van der Waals surface area contributed by atoms with Crippen LogP contribution in [0.5, 0.6) is 5.75 Å². The molecule has 2 heterocycles. The van der Waals surface area contributed by atoms with Crippen molar-refractivity contribution in [1.82, 2.24) is 19.7 Å². The van der Waals surface area contributed by atoms with Crippen molar-refractivity contribution in [2.24, 2.45) is 0 Å². The summed E-state index contributed by atoms with van der Waals surface area (Å²) < 4.78 is 9.46. The Morgan fingerprint density at radius 2 is 2.03 bits per heavy atom. The lowest BCUT2D eigenvalue weighted by Crippen LogP contribution is -2.20. The average molecular weight is 448 g/mol. The van der Waals surface area contributed by atoms with Gasteiger partial charge in [0.15, 0.2) is 5.65 Å². The van der Waals surface area contributed by atoms with Crippen molar-refractivity contribution >= 4 is 40.2 Å². The molecule has 0 amide bonds. The number of fused-ring (bicyclic) bond motifs is 1. The van der Waals surface area contributed by atoms with Gasteiger partial charge in [0.1, 0.15) is 23.6 Å². The lowest BCUT2D eigenvalue weighted by molar-refractivity contribution is 0.416. The molecule has 0 saturated heterocycles. The van der Waals surface area contributed by atoms with E-state index in [4.69, 9.17) is 15.6 Å². The van der Waals surface area contributed by atoms with Gasteiger partial charge in [-0.3, -0.25) is 0 Å². The minimum Gasteiger partial charge on any atom is -0.495 e. The molecule has 8 nitrogen and oxygen atoms in total. The van der Waals surface area contributed by atoms with E-state index in [0.29, 0.717) is 24.6 Å². The molecule has 32 heavy (non-hydrogen) atoms. The highest BCUT2D eigenvalue weighted by atomic mass is 32.2. The smallest absolute Gasteiger partial charge is 0.164 e. The zero-order valence-corrected chi connectivity index (χ0v) is 18.8. The van der Waals surface area contributed by atoms with E-state index < -0.39 is 0 Å². The molecule has 0 radical (unpaired) electrons. The number of hydrogen-bond acceptors (Lipinski definition) is 8. The van der Waals surface area contributed by atoms with Gasteiger partial charge in [-0.2, -0.15) is 5.10 Å². The first kappa shape index (κ1) is 21.5. The van der Waals surface area contributed by atoms with Gasteiger partial charge in [-0.05, 0) is 47.7 Å². The van der Waals surface area contributed by atoms with Crippen LogP contribution >= 0.6 is 11.9 Å². The molecule has 2 aromatic heterocycles. The van der Waals surface area contributed by atoms with Crippen LogP contribution in [0.1, 0.15) is 0 Å². The van der Waals surface area contributed by atoms with Crippen molar-refractivity contribution in [2.75, 3.05) is 36.1 Å². The van der Waals surface area contributed by atoms with Crippen LogP contribution < -0.4 is 20.1 Å². The second-order valence-electron chi connectivity index (χ2n) is 6.90. The Morgan fingerprint density at radius 3 is 2.75 bits per heavy atom. The number of anilines is 3. The van der Waals surface area contributed by atoms with Gasteiger partial charge in [0.25, 0.3) is 0 Å². The van der Waals surface area contributed by atoms with Gasteiger partial charge in [0.05, 0.1) is 24.7 Å². The summed E-state index contributed by atoms with van der Waals surface area (Å²) in [6, 6.07) is 16.0. The van der Waals surface area contributed by atoms with Gasteiger partial charge >= 0.3 is 0 Å². The molecule has 0 aliphatic heterocycles. The quantitative estimate of drug-likeness (QED) is 0.364. The number of hydrogen-bond donors (Lipinski definition) is 2. The minimum absolute atomic E-state index is 0.401. The molecule has 3 N–H and O–H groups in total. The second-order valence-corrected chi connectivity index (χ2v) is 7.89. The number of nitrogen functional groups attached to an aromatic ring is 1. The van der Waals surface area contributed by atoms with Crippen LogP contribution in [0.4, 0.5) is 17.2 Å². The summed E-state index contributed by atoms with van der Waals surface area (Å²) >= 11 is 1.55. The molecule has 0 atom stereocenters. The molecule has 4 rings (SSSR count). The predicted molar refractivity (Wildman–Crippen MR) is 133 cm³/mol. The highest BCUT2D eigenvalue weighted by Crippen LogP contribution is 2.35. The first-order chi connectivity index (χ1) is 15.7. The summed E-state index contributed by atoms with van der Waals surface area (Å²) in [6.45, 7) is 5.17. The fourth-order valence-electron chi connectivity index (χ4n) is 3.55. The molecule has 9 heteroatoms. The lowest BCUT2D eigenvalue weighted by Gasteiger charge is -2.21. The zero-order chi connectivity index (χ0) is 22.5. The fraction of sp³-hybridized carbons (Fsp3) is 0.174. The molecule has 0 fully saturated rings. The van der Waals surface area contributed by atoms with Gasteiger partial charge < -0.3 is 20.1 Å². The molecule has 0 saturated carbocycles. The summed E-state index contributed by atoms with van der Waals surface area (Å²) in [5.74, 6) is 1.16. The molecule has 4 aromatic rings. The Balaban J connectivity index is 1.72. The largest absolute Gasteiger partial charge is 0.495 e. The molecular formula is C23H25N7OS. The topological polar surface area (TPSA) is 94.1 Å². The van der Waals surface area contributed by atoms with Gasteiger partial charge in [-0.25, -0.2) is 14.6 Å². The summed E-state index contributed by atoms with van der Waals surface area (Å²) in [5, 5.41) is 10.6. The number of methoxy groups -OCH3 is 1. The number of rotatable bonds is 9. The second kappa shape index (κ2) is 9.61. The summed E-state index contributed by atoms with van der Waals surface area (Å²) in [6.07, 6.45) is 1.47. The van der Waals surface area contributed by atoms with Crippen molar-refractivity contribution in [3.05, 3.63) is 66.8 Å². The van der Waals surface area contributed by atoms with Crippen molar-refractivity contribution < 1.29 is 4.74 Å². The maximum atomic E-state index is 6.26. The van der Waals surface area contributed by atoms with Crippen LogP contribution in [-0.2, 0) is 6.54 Å². The monoisotopic (exact) mass is 447 g/mol. The van der Waals surface area contributed by atoms with Crippen molar-refractivity contribution in [2.45, 2.75) is 6.54 Å². The molecule has 0 aliphatic rings. The van der Waals surface area contributed by atoms with Crippen LogP contribution in [0.25, 0.3) is 22.3 Å². The molecule has 0 aliphatic carbocycles. The third-order valence-electron chi connectivity index (χ3n) is 5.06. The molecule has 0 spiro atoms. The average Bonchev–Trinajstić information content (AvgIpc) is 3.21. The van der Waals surface area contributed by atoms with Gasteiger partial charge in [-0.15, -0.1) is 0 Å². The third kappa shape index (κ3) is 4.19. The molecule has 0 bridgehead atoms. The Labute approximate surface area is 191 Å². The summed E-state index contributed by atoms with van der Waals surface area (Å²) in [7, 11) is 3.50. The minimum atomic E-state index is 0.401. The number of nitrogens with zero attached hydrogens (tertiary/aromatic N) is 5. The van der Waals surface area contributed by atoms with Gasteiger partial charge in [0, 0.05) is 24.8 Å². The number of benzene rings is 2. The summed E-state index contributed by atoms with van der Waals surface area (Å²) in [4.78, 5) is 8.69. The van der Waals surface area contributed by atoms with E-state index in [1.807, 2.05) is 53.5 Å². The predicted octanol–water partition coefficient (Wildman–Crippen LogP) is 4.42. The number of ether oxygens (including phenoxy) is 1. The number of nitrogens with two attached hydrogens (primary N) is 1. The number of nitrogens with one attached hydrogen (secondary N) is 1. The van der Waals surface area contributed by atoms with Crippen LogP contribution in [0.15, 0.2) is 66.8 Å². The van der Waals surface area contributed by atoms with Crippen molar-refractivity contribution in [1.29, 1.82) is 0 Å². The van der Waals surface area contributed by atoms with E-state index in [-0.39, 0.29) is 0 Å². The Bertz CT molecular complexity index is 1230. The number of aromatic nitrogens is 4. The lowest BCUT2D eigenvalue weighted by atomic mass is 10.1. The van der Waals surface area contributed by atoms with E-state index >= 15 is 0 Å². The van der Waals surface area contributed by atoms with E-state index in [0.717, 1.165) is 33.8 Å². The Morgan fingerprint density at radius 1 is 1.22 bits per heavy atom. The molecule has 0 unspecified atom stereocenters. The van der Waals surface area contributed by atoms with Crippen LogP contribution in [0.3, 0.4) is 0 Å². The van der Waals surface area contributed by atoms with E-state index in [1.54, 1.807) is 19.1 Å². The summed E-state index contributed by atoms with van der Waals surface area (Å²) in [5.41, 5.74) is 10.6. The van der Waals surface area contributed by atoms with Gasteiger partial charge in [-0.1, -0.05) is 24.8 Å². The first-order valence-corrected chi connectivity index (χ1v) is 10.9. The molecular weight excluding hydrogens is 422 g/mol. The van der Waals surface area contributed by atoms with Crippen molar-refractivity contribution in [3.8, 4) is 17.0 Å². The van der Waals surface area contributed by atoms with Crippen molar-refractivity contribution in [3.63, 3.8) is 0 Å². The normalized spacial score (nSPS) is 10.8. The van der Waals surface area contributed by atoms with Crippen LogP contribution in [-0.4, -0.2) is 40.5 Å². The maximum absolute atomic E-state index is 6.26. The molecule has 164 valence electrons. The first-order valence-electron chi connectivity index (χ1n) is 10.1. The zero-order valence-electron chi connectivity index (χ0n) is 18.0. The fourth-order valence-corrected chi connectivity index (χ4v) is 4.16.